The van der Waals surface area contributed by atoms with E-state index in [2.05, 4.69) is 73.5 Å². The minimum absolute atomic E-state index is 0.0593. The van der Waals surface area contributed by atoms with Gasteiger partial charge in [0.25, 0.3) is 11.1 Å². The van der Waals surface area contributed by atoms with Gasteiger partial charge in [-0.2, -0.15) is 0 Å². The Labute approximate surface area is 284 Å². The predicted octanol–water partition coefficient (Wildman–Crippen LogP) is 3.62. The van der Waals surface area contributed by atoms with Crippen molar-refractivity contribution in [3.8, 4) is 0 Å². The minimum Gasteiger partial charge on any atom is -0.334 e. The number of imidazole rings is 1. The second kappa shape index (κ2) is 15.4. The van der Waals surface area contributed by atoms with Crippen molar-refractivity contribution in [2.24, 2.45) is 0 Å². The fourth-order valence-electron chi connectivity index (χ4n) is 6.34. The Morgan fingerprint density at radius 2 is 1.49 bits per heavy atom. The zero-order valence-corrected chi connectivity index (χ0v) is 27.9. The van der Waals surface area contributed by atoms with Gasteiger partial charge in [-0.1, -0.05) is 62.4 Å². The normalized spacial score (nSPS) is 14.9. The van der Waals surface area contributed by atoms with Crippen LogP contribution in [0.2, 0.25) is 0 Å². The molecule has 0 aliphatic carbocycles. The number of ketones is 1. The number of aromatic nitrogens is 4. The smallest absolute Gasteiger partial charge is 0.272 e. The molecule has 1 fully saturated rings. The number of carbonyl (C=O) groups excluding carboxylic acids is 1. The summed E-state index contributed by atoms with van der Waals surface area (Å²) in [6, 6.07) is 22.6. The van der Waals surface area contributed by atoms with E-state index in [1.54, 1.807) is 30.3 Å². The highest BCUT2D eigenvalue weighted by molar-refractivity contribution is 6.09. The summed E-state index contributed by atoms with van der Waals surface area (Å²) in [5.74, 6) is -0.550. The maximum Gasteiger partial charge on any atom is 0.272 e. The van der Waals surface area contributed by atoms with Crippen molar-refractivity contribution in [1.29, 1.82) is 0 Å². The summed E-state index contributed by atoms with van der Waals surface area (Å²) in [6.45, 7) is 11.2. The van der Waals surface area contributed by atoms with Crippen LogP contribution in [0.3, 0.4) is 0 Å². The van der Waals surface area contributed by atoms with Crippen LogP contribution in [0.5, 0.6) is 0 Å². The standard InChI is InChI=1S/C39H41FN6O3/c1-27(2)36-33(41-26-46(36)17-7-16-44-18-20-45(21-19-44)25-28-8-4-3-5-9-28)24-35-39(49)42-34(38(48)43-35)23-29-10-6-11-31(22-29)37(47)30-12-14-32(40)15-13-30/h3-6,8-15,22-24,26-27H,7,16-21,25H2,1-2H3,(H,42,49)(H,43,48)/b34-23-,35-24-. The molecule has 0 unspecified atom stereocenters. The molecule has 0 saturated carbocycles. The van der Waals surface area contributed by atoms with Crippen LogP contribution in [0.25, 0.3) is 12.2 Å². The first-order valence-electron chi connectivity index (χ1n) is 16.7. The third kappa shape index (κ3) is 8.46. The first-order valence-corrected chi connectivity index (χ1v) is 16.7. The summed E-state index contributed by atoms with van der Waals surface area (Å²) in [6.07, 6.45) is 5.94. The molecule has 0 atom stereocenters. The van der Waals surface area contributed by atoms with Crippen molar-refractivity contribution in [2.45, 2.75) is 39.3 Å². The van der Waals surface area contributed by atoms with E-state index in [1.165, 1.54) is 35.9 Å². The van der Waals surface area contributed by atoms with Crippen LogP contribution < -0.4 is 21.8 Å². The maximum absolute atomic E-state index is 13.3. The zero-order valence-electron chi connectivity index (χ0n) is 27.9. The molecule has 0 radical (unpaired) electrons. The molecule has 0 bridgehead atoms. The number of nitrogens with zero attached hydrogens (tertiary/aromatic N) is 4. The Kier molecular flexibility index (Phi) is 10.6. The van der Waals surface area contributed by atoms with Crippen LogP contribution in [0.15, 0.2) is 94.8 Å². The number of piperazine rings is 1. The molecule has 0 amide bonds. The Balaban J connectivity index is 1.13. The molecule has 1 aliphatic rings. The molecular formula is C39H41FN6O3. The molecule has 3 aromatic carbocycles. The van der Waals surface area contributed by atoms with Crippen molar-refractivity contribution in [1.82, 2.24) is 29.3 Å². The van der Waals surface area contributed by atoms with E-state index in [9.17, 15) is 18.8 Å². The Morgan fingerprint density at radius 1 is 0.816 bits per heavy atom. The van der Waals surface area contributed by atoms with Crippen LogP contribution in [0, 0.1) is 5.82 Å². The second-order valence-electron chi connectivity index (χ2n) is 12.8. The molecule has 1 saturated heterocycles. The summed E-state index contributed by atoms with van der Waals surface area (Å²) in [5.41, 5.74) is 3.35. The number of halogens is 1. The highest BCUT2D eigenvalue weighted by Crippen LogP contribution is 2.20. The quantitative estimate of drug-likeness (QED) is 0.210. The van der Waals surface area contributed by atoms with E-state index in [-0.39, 0.29) is 22.4 Å². The van der Waals surface area contributed by atoms with Gasteiger partial charge in [-0.05, 0) is 72.5 Å². The van der Waals surface area contributed by atoms with Gasteiger partial charge < -0.3 is 19.4 Å². The topological polar surface area (TPSA) is 107 Å². The average molecular weight is 661 g/mol. The van der Waals surface area contributed by atoms with Crippen molar-refractivity contribution in [2.75, 3.05) is 32.7 Å². The van der Waals surface area contributed by atoms with Crippen molar-refractivity contribution in [3.05, 3.63) is 156 Å². The van der Waals surface area contributed by atoms with Crippen LogP contribution in [0.1, 0.15) is 64.6 Å². The van der Waals surface area contributed by atoms with Gasteiger partial charge in [-0.25, -0.2) is 9.37 Å². The average Bonchev–Trinajstić information content (AvgIpc) is 3.51. The number of rotatable bonds is 11. The summed E-state index contributed by atoms with van der Waals surface area (Å²) < 4.78 is 15.5. The Bertz CT molecular complexity index is 2140. The molecule has 10 heteroatoms. The third-order valence-corrected chi connectivity index (χ3v) is 8.88. The van der Waals surface area contributed by atoms with Crippen LogP contribution in [0.4, 0.5) is 4.39 Å². The number of H-pyrrole nitrogens is 2. The predicted molar refractivity (Wildman–Crippen MR) is 189 cm³/mol. The van der Waals surface area contributed by atoms with Gasteiger partial charge in [0.1, 0.15) is 16.5 Å². The molecule has 6 rings (SSSR count). The lowest BCUT2D eigenvalue weighted by molar-refractivity contribution is 0.103. The molecule has 0 spiro atoms. The van der Waals surface area contributed by atoms with Gasteiger partial charge in [-0.15, -0.1) is 0 Å². The minimum atomic E-state index is -0.476. The zero-order chi connectivity index (χ0) is 34.3. The number of hydrogen-bond donors (Lipinski definition) is 2. The lowest BCUT2D eigenvalue weighted by atomic mass is 10.0. The number of aromatic amines is 2. The van der Waals surface area contributed by atoms with Crippen LogP contribution in [-0.2, 0) is 13.1 Å². The maximum atomic E-state index is 13.3. The summed E-state index contributed by atoms with van der Waals surface area (Å²) in [7, 11) is 0. The number of nitrogens with one attached hydrogen (secondary N) is 2. The van der Waals surface area contributed by atoms with E-state index in [0.717, 1.165) is 57.9 Å². The molecule has 2 aromatic heterocycles. The number of hydrogen-bond acceptors (Lipinski definition) is 6. The largest absolute Gasteiger partial charge is 0.334 e. The third-order valence-electron chi connectivity index (χ3n) is 8.88. The SMILES string of the molecule is CC(C)c1c(/C=c2\[nH]c(=O)/c(=C/c3cccc(C(=O)c4ccc(F)cc4)c3)[nH]c2=O)ncn1CCCN1CCN(Cc2ccccc2)CC1. The van der Waals surface area contributed by atoms with E-state index < -0.39 is 16.9 Å². The van der Waals surface area contributed by atoms with E-state index in [0.29, 0.717) is 22.4 Å². The van der Waals surface area contributed by atoms with Crippen LogP contribution in [-0.4, -0.2) is 67.8 Å². The second-order valence-corrected chi connectivity index (χ2v) is 12.8. The summed E-state index contributed by atoms with van der Waals surface area (Å²) in [4.78, 5) is 54.1. The van der Waals surface area contributed by atoms with Crippen molar-refractivity contribution < 1.29 is 9.18 Å². The van der Waals surface area contributed by atoms with E-state index >= 15 is 0 Å². The first-order chi connectivity index (χ1) is 23.7. The van der Waals surface area contributed by atoms with Gasteiger partial charge >= 0.3 is 0 Å². The molecule has 5 aromatic rings. The van der Waals surface area contributed by atoms with Gasteiger partial charge in [-0.3, -0.25) is 19.3 Å². The van der Waals surface area contributed by atoms with Gasteiger partial charge in [0.05, 0.1) is 12.0 Å². The van der Waals surface area contributed by atoms with Crippen molar-refractivity contribution in [3.63, 3.8) is 0 Å². The molecule has 3 heterocycles. The highest BCUT2D eigenvalue weighted by Gasteiger charge is 2.18. The fourth-order valence-corrected chi connectivity index (χ4v) is 6.34. The Morgan fingerprint density at radius 3 is 2.18 bits per heavy atom. The van der Waals surface area contributed by atoms with E-state index in [4.69, 9.17) is 0 Å². The highest BCUT2D eigenvalue weighted by atomic mass is 19.1. The number of carbonyl (C=O) groups is 1. The molecule has 49 heavy (non-hydrogen) atoms. The molecular weight excluding hydrogens is 619 g/mol. The molecule has 252 valence electrons. The lowest BCUT2D eigenvalue weighted by Gasteiger charge is -2.34. The van der Waals surface area contributed by atoms with Crippen molar-refractivity contribution >= 4 is 17.9 Å². The number of aryl methyl sites for hydroxylation is 1. The van der Waals surface area contributed by atoms with E-state index in [1.807, 2.05) is 6.33 Å². The molecule has 1 aliphatic heterocycles. The van der Waals surface area contributed by atoms with Gasteiger partial charge in [0, 0.05) is 56.1 Å². The Hall–Kier alpha value is -5.19. The van der Waals surface area contributed by atoms with Gasteiger partial charge in [0.2, 0.25) is 0 Å². The lowest BCUT2D eigenvalue weighted by Crippen LogP contribution is -2.46. The number of benzene rings is 3. The fraction of sp³-hybridized carbons (Fsp3) is 0.282. The monoisotopic (exact) mass is 660 g/mol. The summed E-state index contributed by atoms with van der Waals surface area (Å²) in [5, 5.41) is 0.173. The van der Waals surface area contributed by atoms with Gasteiger partial charge in [0.15, 0.2) is 5.78 Å². The molecule has 2 N–H and O–H groups in total. The summed E-state index contributed by atoms with van der Waals surface area (Å²) >= 11 is 0. The molecule has 9 nitrogen and oxygen atoms in total. The van der Waals surface area contributed by atoms with Crippen LogP contribution >= 0.6 is 0 Å². The first kappa shape index (κ1) is 33.7.